The molecule has 2 amide bonds. The lowest BCUT2D eigenvalue weighted by atomic mass is 10.00. The van der Waals surface area contributed by atoms with E-state index in [0.717, 1.165) is 45.3 Å². The van der Waals surface area contributed by atoms with Gasteiger partial charge in [0.15, 0.2) is 0 Å². The first-order valence-corrected chi connectivity index (χ1v) is 8.08. The molecule has 0 aromatic rings. The molecule has 0 radical (unpaired) electrons. The Balaban J connectivity index is 1.69. The number of likely N-dealkylation sites (tertiary alicyclic amines) is 1. The summed E-state index contributed by atoms with van der Waals surface area (Å²) in [6.45, 7) is 2.52. The van der Waals surface area contributed by atoms with Gasteiger partial charge in [0.25, 0.3) is 0 Å². The third-order valence-corrected chi connectivity index (χ3v) is 4.37. The van der Waals surface area contributed by atoms with Gasteiger partial charge < -0.3 is 20.1 Å². The van der Waals surface area contributed by atoms with E-state index in [0.29, 0.717) is 19.1 Å². The zero-order chi connectivity index (χ0) is 14.2. The second-order valence-corrected chi connectivity index (χ2v) is 5.86. The van der Waals surface area contributed by atoms with Crippen LogP contribution in [0.5, 0.6) is 0 Å². The van der Waals surface area contributed by atoms with E-state index >= 15 is 0 Å². The average molecular weight is 284 g/mol. The first-order chi connectivity index (χ1) is 9.81. The van der Waals surface area contributed by atoms with Crippen molar-refractivity contribution in [3.05, 3.63) is 0 Å². The molecule has 5 heteroatoms. The standard InChI is InChI=1S/C15H28N2O3/c18-11-8-13-5-1-3-10-17(13)15(19)16-9-7-14-6-2-4-12-20-14/h13-14,18H,1-12H2,(H,16,19). The number of ether oxygens (including phenoxy) is 1. The van der Waals surface area contributed by atoms with Crippen molar-refractivity contribution < 1.29 is 14.6 Å². The fraction of sp³-hybridized carbons (Fsp3) is 0.933. The van der Waals surface area contributed by atoms with Crippen LogP contribution in [0, 0.1) is 0 Å². The van der Waals surface area contributed by atoms with E-state index in [2.05, 4.69) is 5.32 Å². The van der Waals surface area contributed by atoms with Crippen LogP contribution in [-0.2, 0) is 4.74 Å². The second kappa shape index (κ2) is 8.47. The Morgan fingerprint density at radius 3 is 2.80 bits per heavy atom. The summed E-state index contributed by atoms with van der Waals surface area (Å²) in [5, 5.41) is 12.1. The van der Waals surface area contributed by atoms with Crippen LogP contribution in [0.4, 0.5) is 4.79 Å². The quantitative estimate of drug-likeness (QED) is 0.810. The van der Waals surface area contributed by atoms with Crippen molar-refractivity contribution in [1.29, 1.82) is 0 Å². The van der Waals surface area contributed by atoms with E-state index in [1.165, 1.54) is 12.8 Å². The summed E-state index contributed by atoms with van der Waals surface area (Å²) >= 11 is 0. The summed E-state index contributed by atoms with van der Waals surface area (Å²) in [5.41, 5.74) is 0. The highest BCUT2D eigenvalue weighted by atomic mass is 16.5. The summed E-state index contributed by atoms with van der Waals surface area (Å²) in [4.78, 5) is 14.1. The highest BCUT2D eigenvalue weighted by Gasteiger charge is 2.26. The molecule has 0 aromatic heterocycles. The lowest BCUT2D eigenvalue weighted by Gasteiger charge is -2.35. The van der Waals surface area contributed by atoms with E-state index in [1.807, 2.05) is 4.90 Å². The molecule has 2 aliphatic heterocycles. The summed E-state index contributed by atoms with van der Waals surface area (Å²) in [6.07, 6.45) is 8.68. The SMILES string of the molecule is O=C(NCCC1CCCCO1)N1CCCCC1CCO. The fourth-order valence-corrected chi connectivity index (χ4v) is 3.19. The molecular weight excluding hydrogens is 256 g/mol. The van der Waals surface area contributed by atoms with Gasteiger partial charge in [-0.05, 0) is 51.4 Å². The molecule has 0 aromatic carbocycles. The second-order valence-electron chi connectivity index (χ2n) is 5.86. The third-order valence-electron chi connectivity index (χ3n) is 4.37. The average Bonchev–Trinajstić information content (AvgIpc) is 2.49. The lowest BCUT2D eigenvalue weighted by Crippen LogP contribution is -2.49. The number of aliphatic hydroxyl groups is 1. The van der Waals surface area contributed by atoms with Gasteiger partial charge in [0, 0.05) is 32.3 Å². The van der Waals surface area contributed by atoms with Crippen LogP contribution in [0.25, 0.3) is 0 Å². The van der Waals surface area contributed by atoms with Crippen molar-refractivity contribution in [3.8, 4) is 0 Å². The number of carbonyl (C=O) groups is 1. The van der Waals surface area contributed by atoms with Gasteiger partial charge in [0.1, 0.15) is 0 Å². The number of piperidine rings is 1. The van der Waals surface area contributed by atoms with Crippen LogP contribution in [0.1, 0.15) is 51.4 Å². The molecule has 116 valence electrons. The number of rotatable bonds is 5. The highest BCUT2D eigenvalue weighted by molar-refractivity contribution is 5.74. The Morgan fingerprint density at radius 2 is 2.05 bits per heavy atom. The highest BCUT2D eigenvalue weighted by Crippen LogP contribution is 2.19. The molecule has 5 nitrogen and oxygen atoms in total. The van der Waals surface area contributed by atoms with Gasteiger partial charge in [-0.3, -0.25) is 0 Å². The molecule has 2 atom stereocenters. The summed E-state index contributed by atoms with van der Waals surface area (Å²) in [6, 6.07) is 0.235. The van der Waals surface area contributed by atoms with Crippen molar-refractivity contribution >= 4 is 6.03 Å². The maximum atomic E-state index is 12.2. The van der Waals surface area contributed by atoms with Crippen LogP contribution in [-0.4, -0.2) is 54.5 Å². The minimum Gasteiger partial charge on any atom is -0.396 e. The number of nitrogens with zero attached hydrogens (tertiary/aromatic N) is 1. The Hall–Kier alpha value is -0.810. The molecule has 20 heavy (non-hydrogen) atoms. The fourth-order valence-electron chi connectivity index (χ4n) is 3.19. The number of urea groups is 1. The van der Waals surface area contributed by atoms with E-state index in [4.69, 9.17) is 9.84 Å². The summed E-state index contributed by atoms with van der Waals surface area (Å²) < 4.78 is 5.67. The molecule has 0 spiro atoms. The Bertz CT molecular complexity index is 291. The predicted molar refractivity (Wildman–Crippen MR) is 77.7 cm³/mol. The van der Waals surface area contributed by atoms with Crippen LogP contribution in [0.15, 0.2) is 0 Å². The van der Waals surface area contributed by atoms with Crippen molar-refractivity contribution in [1.82, 2.24) is 10.2 Å². The van der Waals surface area contributed by atoms with Gasteiger partial charge >= 0.3 is 6.03 Å². The molecule has 0 bridgehead atoms. The van der Waals surface area contributed by atoms with Gasteiger partial charge in [-0.25, -0.2) is 4.79 Å². The van der Waals surface area contributed by atoms with Crippen molar-refractivity contribution in [2.24, 2.45) is 0 Å². The number of hydrogen-bond acceptors (Lipinski definition) is 3. The molecule has 2 unspecified atom stereocenters. The van der Waals surface area contributed by atoms with Gasteiger partial charge in [0.2, 0.25) is 0 Å². The molecule has 2 heterocycles. The first-order valence-electron chi connectivity index (χ1n) is 8.08. The zero-order valence-corrected chi connectivity index (χ0v) is 12.4. The Labute approximate surface area is 121 Å². The van der Waals surface area contributed by atoms with Gasteiger partial charge in [-0.1, -0.05) is 0 Å². The minimum absolute atomic E-state index is 0.0268. The normalized spacial score (nSPS) is 27.4. The maximum absolute atomic E-state index is 12.2. The summed E-state index contributed by atoms with van der Waals surface area (Å²) in [7, 11) is 0. The number of aliphatic hydroxyl groups excluding tert-OH is 1. The molecule has 2 N–H and O–H groups in total. The Kier molecular flexibility index (Phi) is 6.60. The van der Waals surface area contributed by atoms with E-state index in [-0.39, 0.29) is 18.7 Å². The first kappa shape index (κ1) is 15.6. The topological polar surface area (TPSA) is 61.8 Å². The molecule has 0 aliphatic carbocycles. The van der Waals surface area contributed by atoms with Crippen molar-refractivity contribution in [2.75, 3.05) is 26.3 Å². The lowest BCUT2D eigenvalue weighted by molar-refractivity contribution is 0.0117. The molecule has 2 fully saturated rings. The van der Waals surface area contributed by atoms with Crippen LogP contribution in [0.3, 0.4) is 0 Å². The Morgan fingerprint density at radius 1 is 1.20 bits per heavy atom. The van der Waals surface area contributed by atoms with Crippen LogP contribution in [0.2, 0.25) is 0 Å². The van der Waals surface area contributed by atoms with E-state index in [9.17, 15) is 4.79 Å². The van der Waals surface area contributed by atoms with E-state index < -0.39 is 0 Å². The molecule has 2 aliphatic rings. The smallest absolute Gasteiger partial charge is 0.317 e. The predicted octanol–water partition coefficient (Wildman–Crippen LogP) is 1.89. The maximum Gasteiger partial charge on any atom is 0.317 e. The van der Waals surface area contributed by atoms with Gasteiger partial charge in [-0.2, -0.15) is 0 Å². The van der Waals surface area contributed by atoms with Gasteiger partial charge in [-0.15, -0.1) is 0 Å². The third kappa shape index (κ3) is 4.63. The largest absolute Gasteiger partial charge is 0.396 e. The number of carbonyl (C=O) groups excluding carboxylic acids is 1. The molecular formula is C15H28N2O3. The molecule has 2 saturated heterocycles. The van der Waals surface area contributed by atoms with Crippen molar-refractivity contribution in [3.63, 3.8) is 0 Å². The van der Waals surface area contributed by atoms with Crippen molar-refractivity contribution in [2.45, 2.75) is 63.5 Å². The zero-order valence-electron chi connectivity index (χ0n) is 12.4. The number of nitrogens with one attached hydrogen (secondary N) is 1. The van der Waals surface area contributed by atoms with E-state index in [1.54, 1.807) is 0 Å². The van der Waals surface area contributed by atoms with Crippen LogP contribution >= 0.6 is 0 Å². The molecule has 2 rings (SSSR count). The monoisotopic (exact) mass is 284 g/mol. The van der Waals surface area contributed by atoms with Crippen LogP contribution < -0.4 is 5.32 Å². The summed E-state index contributed by atoms with van der Waals surface area (Å²) in [5.74, 6) is 0. The number of amides is 2. The minimum atomic E-state index is 0.0268. The van der Waals surface area contributed by atoms with Gasteiger partial charge in [0.05, 0.1) is 6.10 Å². The number of hydrogen-bond donors (Lipinski definition) is 2. The molecule has 0 saturated carbocycles.